The van der Waals surface area contributed by atoms with Crippen molar-refractivity contribution in [2.45, 2.75) is 17.6 Å². The van der Waals surface area contributed by atoms with Gasteiger partial charge in [0.2, 0.25) is 10.8 Å². The minimum atomic E-state index is -3.21. The Bertz CT molecular complexity index is 740. The summed E-state index contributed by atoms with van der Waals surface area (Å²) in [6.45, 7) is 0.965. The molecule has 116 valence electrons. The standard InChI is InChI=1S/C12H7Cl3F2N4O/c1-5(22)20-12(17)9(14)7(6-2-3-19-21-6)8(13)10(16)11(12,15)4-18/h2-3H,1H3,(H,19,21)(H,20,22). The molecule has 0 bridgehead atoms. The largest absolute Gasteiger partial charge is 0.317 e. The average Bonchev–Trinajstić information content (AvgIpc) is 2.97. The van der Waals surface area contributed by atoms with E-state index in [-0.39, 0.29) is 11.3 Å². The quantitative estimate of drug-likeness (QED) is 0.622. The van der Waals surface area contributed by atoms with Crippen LogP contribution in [0, 0.1) is 11.3 Å². The summed E-state index contributed by atoms with van der Waals surface area (Å²) in [7, 11) is 0. The van der Waals surface area contributed by atoms with E-state index in [2.05, 4.69) is 10.2 Å². The summed E-state index contributed by atoms with van der Waals surface area (Å²) in [5, 5.41) is 15.6. The first-order valence-corrected chi connectivity index (χ1v) is 6.86. The molecule has 1 aromatic rings. The molecule has 1 aliphatic rings. The number of nitriles is 1. The number of aromatic nitrogens is 2. The normalized spacial score (nSPS) is 28.6. The molecule has 1 aliphatic carbocycles. The van der Waals surface area contributed by atoms with E-state index in [1.807, 2.05) is 0 Å². The third-order valence-electron chi connectivity index (χ3n) is 2.97. The molecule has 2 rings (SSSR count). The number of rotatable bonds is 2. The van der Waals surface area contributed by atoms with Crippen LogP contribution >= 0.6 is 34.8 Å². The summed E-state index contributed by atoms with van der Waals surface area (Å²) in [5.74, 6) is -5.60. The van der Waals surface area contributed by atoms with Crippen LogP contribution in [-0.2, 0) is 4.79 Å². The van der Waals surface area contributed by atoms with Gasteiger partial charge in [-0.15, -0.1) is 0 Å². The Hall–Kier alpha value is -1.62. The zero-order valence-corrected chi connectivity index (χ0v) is 13.1. The van der Waals surface area contributed by atoms with E-state index < -0.39 is 32.5 Å². The smallest absolute Gasteiger partial charge is 0.258 e. The Labute approximate surface area is 138 Å². The van der Waals surface area contributed by atoms with Gasteiger partial charge in [0.1, 0.15) is 0 Å². The van der Waals surface area contributed by atoms with Crippen molar-refractivity contribution < 1.29 is 13.6 Å². The number of hydrogen-bond donors (Lipinski definition) is 2. The zero-order valence-electron chi connectivity index (χ0n) is 10.8. The average molecular weight is 368 g/mol. The number of allylic oxidation sites excluding steroid dienone is 2. The monoisotopic (exact) mass is 366 g/mol. The minimum Gasteiger partial charge on any atom is -0.317 e. The molecule has 0 spiro atoms. The third kappa shape index (κ3) is 2.19. The predicted molar refractivity (Wildman–Crippen MR) is 77.2 cm³/mol. The number of nitrogens with one attached hydrogen (secondary N) is 2. The van der Waals surface area contributed by atoms with Gasteiger partial charge in [-0.05, 0) is 6.07 Å². The fourth-order valence-electron chi connectivity index (χ4n) is 1.97. The SMILES string of the molecule is CC(=O)NC1(F)C(Cl)=C(c2cc[nH]n2)C(Cl)=C(F)C1(Cl)C#N. The van der Waals surface area contributed by atoms with Crippen LogP contribution in [-0.4, -0.2) is 26.8 Å². The van der Waals surface area contributed by atoms with Gasteiger partial charge in [0.05, 0.1) is 21.8 Å². The van der Waals surface area contributed by atoms with E-state index in [0.29, 0.717) is 0 Å². The van der Waals surface area contributed by atoms with Gasteiger partial charge >= 0.3 is 0 Å². The molecule has 0 aromatic carbocycles. The van der Waals surface area contributed by atoms with Crippen molar-refractivity contribution in [3.05, 3.63) is 33.8 Å². The highest BCUT2D eigenvalue weighted by Crippen LogP contribution is 2.54. The molecule has 0 fully saturated rings. The Balaban J connectivity index is 2.81. The van der Waals surface area contributed by atoms with Crippen LogP contribution in [0.4, 0.5) is 8.78 Å². The summed E-state index contributed by atoms with van der Waals surface area (Å²) >= 11 is 17.6. The topological polar surface area (TPSA) is 81.6 Å². The van der Waals surface area contributed by atoms with Crippen molar-refractivity contribution in [3.8, 4) is 6.07 Å². The molecule has 2 atom stereocenters. The lowest BCUT2D eigenvalue weighted by Crippen LogP contribution is -2.60. The number of halogens is 5. The molecule has 1 amide bonds. The molecule has 0 aliphatic heterocycles. The molecule has 0 saturated carbocycles. The number of alkyl halides is 2. The molecule has 22 heavy (non-hydrogen) atoms. The number of carbonyl (C=O) groups is 1. The maximum atomic E-state index is 15.3. The highest BCUT2D eigenvalue weighted by atomic mass is 35.5. The number of H-pyrrole nitrogens is 1. The van der Waals surface area contributed by atoms with Gasteiger partial charge in [0.25, 0.3) is 5.79 Å². The van der Waals surface area contributed by atoms with Gasteiger partial charge in [-0.25, -0.2) is 8.78 Å². The van der Waals surface area contributed by atoms with E-state index in [0.717, 1.165) is 6.92 Å². The van der Waals surface area contributed by atoms with E-state index >= 15 is 4.39 Å². The maximum Gasteiger partial charge on any atom is 0.258 e. The second-order valence-electron chi connectivity index (χ2n) is 4.39. The molecular weight excluding hydrogens is 361 g/mol. The van der Waals surface area contributed by atoms with Gasteiger partial charge in [-0.3, -0.25) is 9.89 Å². The number of carbonyl (C=O) groups excluding carboxylic acids is 1. The second kappa shape index (κ2) is 5.54. The van der Waals surface area contributed by atoms with Crippen LogP contribution in [0.2, 0.25) is 0 Å². The van der Waals surface area contributed by atoms with Crippen LogP contribution in [0.3, 0.4) is 0 Å². The summed E-state index contributed by atoms with van der Waals surface area (Å²) in [5.41, 5.74) is -0.293. The van der Waals surface area contributed by atoms with Crippen LogP contribution in [0.5, 0.6) is 0 Å². The number of amides is 1. The molecular formula is C12H7Cl3F2N4O. The van der Waals surface area contributed by atoms with Crippen LogP contribution < -0.4 is 5.32 Å². The Kier molecular flexibility index (Phi) is 4.22. The van der Waals surface area contributed by atoms with Gasteiger partial charge in [-0.2, -0.15) is 10.4 Å². The molecule has 0 saturated heterocycles. The third-order valence-corrected chi connectivity index (χ3v) is 4.29. The Morgan fingerprint density at radius 1 is 1.55 bits per heavy atom. The van der Waals surface area contributed by atoms with Crippen molar-refractivity contribution >= 4 is 46.3 Å². The predicted octanol–water partition coefficient (Wildman–Crippen LogP) is 3.10. The first-order chi connectivity index (χ1) is 10.2. The van der Waals surface area contributed by atoms with Gasteiger partial charge in [-0.1, -0.05) is 34.8 Å². The molecule has 2 N–H and O–H groups in total. The van der Waals surface area contributed by atoms with Gasteiger partial charge in [0, 0.05) is 18.7 Å². The minimum absolute atomic E-state index is 0.0224. The van der Waals surface area contributed by atoms with E-state index in [4.69, 9.17) is 40.1 Å². The van der Waals surface area contributed by atoms with Gasteiger partial charge in [0.15, 0.2) is 5.83 Å². The highest BCUT2D eigenvalue weighted by molar-refractivity contribution is 6.45. The summed E-state index contributed by atoms with van der Waals surface area (Å²) in [6.07, 6.45) is 1.37. The first kappa shape index (κ1) is 16.7. The van der Waals surface area contributed by atoms with Gasteiger partial charge < -0.3 is 5.32 Å². The summed E-state index contributed by atoms with van der Waals surface area (Å²) in [6, 6.07) is 2.62. The highest BCUT2D eigenvalue weighted by Gasteiger charge is 2.63. The number of nitrogens with zero attached hydrogens (tertiary/aromatic N) is 2. The van der Waals surface area contributed by atoms with E-state index in [1.54, 1.807) is 5.32 Å². The summed E-state index contributed by atoms with van der Waals surface area (Å²) in [4.78, 5) is 8.32. The van der Waals surface area contributed by atoms with Crippen LogP contribution in [0.25, 0.3) is 5.57 Å². The molecule has 1 heterocycles. The lowest BCUT2D eigenvalue weighted by molar-refractivity contribution is -0.122. The first-order valence-electron chi connectivity index (χ1n) is 5.73. The Morgan fingerprint density at radius 2 is 2.18 bits per heavy atom. The van der Waals surface area contributed by atoms with E-state index in [1.165, 1.54) is 18.3 Å². The zero-order chi connectivity index (χ0) is 16.7. The Morgan fingerprint density at radius 3 is 2.64 bits per heavy atom. The number of hydrogen-bond acceptors (Lipinski definition) is 3. The maximum absolute atomic E-state index is 15.3. The fraction of sp³-hybridized carbons (Fsp3) is 0.250. The second-order valence-corrected chi connectivity index (χ2v) is 5.71. The lowest BCUT2D eigenvalue weighted by Gasteiger charge is -2.39. The summed E-state index contributed by atoms with van der Waals surface area (Å²) < 4.78 is 29.7. The molecule has 1 aromatic heterocycles. The molecule has 0 radical (unpaired) electrons. The van der Waals surface area contributed by atoms with E-state index in [9.17, 15) is 9.18 Å². The van der Waals surface area contributed by atoms with Crippen molar-refractivity contribution in [1.82, 2.24) is 15.5 Å². The fourth-order valence-corrected chi connectivity index (χ4v) is 3.06. The lowest BCUT2D eigenvalue weighted by atomic mass is 9.86. The van der Waals surface area contributed by atoms with Crippen LogP contribution in [0.1, 0.15) is 12.6 Å². The van der Waals surface area contributed by atoms with Crippen molar-refractivity contribution in [2.24, 2.45) is 0 Å². The molecule has 2 unspecified atom stereocenters. The van der Waals surface area contributed by atoms with Crippen molar-refractivity contribution in [3.63, 3.8) is 0 Å². The number of aromatic amines is 1. The van der Waals surface area contributed by atoms with Crippen LogP contribution in [0.15, 0.2) is 28.2 Å². The van der Waals surface area contributed by atoms with Crippen molar-refractivity contribution in [1.29, 1.82) is 5.26 Å². The van der Waals surface area contributed by atoms with Crippen molar-refractivity contribution in [2.75, 3.05) is 0 Å². The molecule has 5 nitrogen and oxygen atoms in total. The molecule has 10 heteroatoms.